The first-order valence-electron chi connectivity index (χ1n) is 19.3. The highest BCUT2D eigenvalue weighted by atomic mass is 16.6. The number of aliphatic hydroxyl groups is 4. The second-order valence-electron chi connectivity index (χ2n) is 17.6. The largest absolute Gasteiger partial charge is 0.456 e. The quantitative estimate of drug-likeness (QED) is 0.147. The molecule has 0 spiro atoms. The number of rotatable bonds is 8. The van der Waals surface area contributed by atoms with Crippen molar-refractivity contribution in [2.45, 2.75) is 128 Å². The lowest BCUT2D eigenvalue weighted by Gasteiger charge is -2.67. The van der Waals surface area contributed by atoms with Crippen molar-refractivity contribution >= 4 is 29.8 Å². The Morgan fingerprint density at radius 2 is 1.55 bits per heavy atom. The molecule has 3 aliphatic carbocycles. The summed E-state index contributed by atoms with van der Waals surface area (Å²) in [7, 11) is 0. The number of ketones is 1. The monoisotopic (exact) mass is 807 g/mol. The molecule has 15 nitrogen and oxygen atoms in total. The molecule has 2 aromatic rings. The molecule has 2 saturated carbocycles. The highest BCUT2D eigenvalue weighted by Gasteiger charge is 2.78. The Hall–Kier alpha value is -4.67. The standard InChI is InChI=1S/C43H53NO14/c1-22-26(55-37(51)32(48)30(24-15-11-9-12-16-24)44-38(52)58-39(3,4)5)20-43(53)35(56-36(50)25-17-13-10-14-18-25)33-41(8,34(49)31(47)29(22)40(43,6)7)27(46)19-28-42(33,21-54-28)57-23(2)45/h9-18,26-28,30-33,35,46-48,53H,19-21H2,1-8H3,(H,44,52)/t26-,27+,28?,30-,31+,32+,33-,35-,41+,42-,43+/m0/s1. The Morgan fingerprint density at radius 1 is 0.948 bits per heavy atom. The van der Waals surface area contributed by atoms with E-state index in [2.05, 4.69) is 5.32 Å². The average Bonchev–Trinajstić information content (AvgIpc) is 3.14. The Kier molecular flexibility index (Phi) is 11.2. The summed E-state index contributed by atoms with van der Waals surface area (Å²) in [6.07, 6.45) is -11.5. The molecule has 6 rings (SSSR count). The fourth-order valence-corrected chi connectivity index (χ4v) is 9.56. The maximum Gasteiger partial charge on any atom is 0.408 e. The van der Waals surface area contributed by atoms with Crippen LogP contribution in [0.5, 0.6) is 0 Å². The zero-order chi connectivity index (χ0) is 42.7. The van der Waals surface area contributed by atoms with Gasteiger partial charge < -0.3 is 49.4 Å². The number of benzene rings is 2. The number of Topliss-reactive ketones (excluding diaryl/α,β-unsaturated/α-hetero) is 1. The van der Waals surface area contributed by atoms with Crippen LogP contribution in [0.2, 0.25) is 0 Å². The van der Waals surface area contributed by atoms with E-state index >= 15 is 0 Å². The number of hydrogen-bond acceptors (Lipinski definition) is 14. The van der Waals surface area contributed by atoms with Gasteiger partial charge in [-0.1, -0.05) is 62.4 Å². The lowest BCUT2D eigenvalue weighted by molar-refractivity contribution is -0.346. The van der Waals surface area contributed by atoms with Crippen molar-refractivity contribution in [3.05, 3.63) is 82.9 Å². The number of fused-ring (bicyclic) bond motifs is 5. The van der Waals surface area contributed by atoms with Gasteiger partial charge in [0.1, 0.15) is 35.6 Å². The van der Waals surface area contributed by atoms with Crippen molar-refractivity contribution in [3.63, 3.8) is 0 Å². The topological polar surface area (TPSA) is 224 Å². The van der Waals surface area contributed by atoms with Crippen LogP contribution in [0, 0.1) is 16.7 Å². The number of nitrogens with one attached hydrogen (secondary N) is 1. The summed E-state index contributed by atoms with van der Waals surface area (Å²) >= 11 is 0. The first kappa shape index (κ1) is 42.9. The van der Waals surface area contributed by atoms with E-state index in [1.807, 2.05) is 0 Å². The molecule has 2 bridgehead atoms. The molecule has 1 unspecified atom stereocenters. The van der Waals surface area contributed by atoms with Crippen LogP contribution in [0.1, 0.15) is 90.2 Å². The molecule has 4 aliphatic rings. The lowest BCUT2D eigenvalue weighted by Crippen LogP contribution is -2.81. The van der Waals surface area contributed by atoms with Gasteiger partial charge in [-0.25, -0.2) is 14.4 Å². The van der Waals surface area contributed by atoms with E-state index in [1.165, 1.54) is 26.0 Å². The van der Waals surface area contributed by atoms with E-state index in [-0.39, 0.29) is 29.7 Å². The average molecular weight is 808 g/mol. The predicted molar refractivity (Wildman–Crippen MR) is 204 cm³/mol. The smallest absolute Gasteiger partial charge is 0.408 e. The highest BCUT2D eigenvalue weighted by Crippen LogP contribution is 2.64. The minimum atomic E-state index is -2.35. The van der Waals surface area contributed by atoms with Crippen molar-refractivity contribution in [1.29, 1.82) is 0 Å². The summed E-state index contributed by atoms with van der Waals surface area (Å²) in [4.78, 5) is 68.9. The van der Waals surface area contributed by atoms with Crippen LogP contribution >= 0.6 is 0 Å². The molecule has 2 aromatic carbocycles. The van der Waals surface area contributed by atoms with Gasteiger partial charge in [-0.3, -0.25) is 9.59 Å². The van der Waals surface area contributed by atoms with Gasteiger partial charge >= 0.3 is 24.0 Å². The van der Waals surface area contributed by atoms with E-state index in [0.717, 1.165) is 6.92 Å². The molecule has 1 saturated heterocycles. The Morgan fingerprint density at radius 3 is 2.10 bits per heavy atom. The number of carbonyl (C=O) groups is 5. The van der Waals surface area contributed by atoms with Crippen LogP contribution in [0.15, 0.2) is 71.8 Å². The van der Waals surface area contributed by atoms with Gasteiger partial charge in [0.25, 0.3) is 0 Å². The lowest BCUT2D eigenvalue weighted by atomic mass is 9.44. The normalized spacial score (nSPS) is 33.7. The summed E-state index contributed by atoms with van der Waals surface area (Å²) in [6, 6.07) is 14.6. The van der Waals surface area contributed by atoms with Crippen LogP contribution in [0.25, 0.3) is 0 Å². The number of hydrogen-bond donors (Lipinski definition) is 5. The molecular formula is C43H53NO14. The molecule has 1 heterocycles. The highest BCUT2D eigenvalue weighted by molar-refractivity contribution is 5.94. The van der Waals surface area contributed by atoms with Crippen molar-refractivity contribution in [2.24, 2.45) is 16.7 Å². The minimum Gasteiger partial charge on any atom is -0.456 e. The van der Waals surface area contributed by atoms with Gasteiger partial charge in [-0.05, 0) is 63.5 Å². The third kappa shape index (κ3) is 7.10. The van der Waals surface area contributed by atoms with Gasteiger partial charge in [0.2, 0.25) is 0 Å². The van der Waals surface area contributed by atoms with Crippen molar-refractivity contribution in [2.75, 3.05) is 6.61 Å². The zero-order valence-corrected chi connectivity index (χ0v) is 33.9. The summed E-state index contributed by atoms with van der Waals surface area (Å²) < 4.78 is 29.5. The van der Waals surface area contributed by atoms with Crippen LogP contribution < -0.4 is 5.32 Å². The summed E-state index contributed by atoms with van der Waals surface area (Å²) in [5, 5.41) is 51.6. The molecule has 5 N–H and O–H groups in total. The van der Waals surface area contributed by atoms with E-state index in [9.17, 15) is 44.4 Å². The molecule has 0 radical (unpaired) electrons. The van der Waals surface area contributed by atoms with Crippen molar-refractivity contribution < 1.29 is 68.1 Å². The van der Waals surface area contributed by atoms with E-state index in [1.54, 1.807) is 83.1 Å². The van der Waals surface area contributed by atoms with Gasteiger partial charge in [-0.15, -0.1) is 0 Å². The Balaban J connectivity index is 1.49. The number of carbonyl (C=O) groups excluding carboxylic acids is 5. The number of esters is 3. The molecule has 314 valence electrons. The first-order valence-corrected chi connectivity index (χ1v) is 19.3. The van der Waals surface area contributed by atoms with Crippen LogP contribution in [0.4, 0.5) is 4.79 Å². The van der Waals surface area contributed by atoms with Crippen LogP contribution in [-0.2, 0) is 38.1 Å². The van der Waals surface area contributed by atoms with E-state index in [4.69, 9.17) is 23.7 Å². The Labute approximate surface area is 336 Å². The predicted octanol–water partition coefficient (Wildman–Crippen LogP) is 3.26. The molecule has 1 aliphatic heterocycles. The minimum absolute atomic E-state index is 0.0637. The fourth-order valence-electron chi connectivity index (χ4n) is 9.56. The van der Waals surface area contributed by atoms with Gasteiger partial charge in [0, 0.05) is 25.2 Å². The molecule has 15 heteroatoms. The van der Waals surface area contributed by atoms with Gasteiger partial charge in [-0.2, -0.15) is 0 Å². The maximum absolute atomic E-state index is 14.9. The maximum atomic E-state index is 14.9. The Bertz CT molecular complexity index is 1980. The third-order valence-corrected chi connectivity index (χ3v) is 12.6. The summed E-state index contributed by atoms with van der Waals surface area (Å²) in [5.41, 5.74) is -8.14. The van der Waals surface area contributed by atoms with E-state index in [0.29, 0.717) is 5.56 Å². The molecule has 1 amide bonds. The van der Waals surface area contributed by atoms with Crippen molar-refractivity contribution in [1.82, 2.24) is 5.32 Å². The van der Waals surface area contributed by atoms with E-state index < -0.39 is 112 Å². The number of aliphatic hydroxyl groups excluding tert-OH is 3. The summed E-state index contributed by atoms with van der Waals surface area (Å²) in [5.74, 6) is -5.36. The number of amides is 1. The third-order valence-electron chi connectivity index (χ3n) is 12.6. The van der Waals surface area contributed by atoms with Crippen molar-refractivity contribution in [3.8, 4) is 0 Å². The number of ether oxygens (including phenoxy) is 5. The molecule has 0 aromatic heterocycles. The molecular weight excluding hydrogens is 754 g/mol. The molecule has 3 fully saturated rings. The second kappa shape index (κ2) is 15.2. The van der Waals surface area contributed by atoms with Gasteiger partial charge in [0.05, 0.1) is 35.6 Å². The SMILES string of the molecule is CC(=O)O[C@@]12COC1C[C@@H](O)[C@@]1(C)C(=O)[C@H](O)C3=C(C)[C@@H](OC(=O)[C@H](O)[C@@H](NC(=O)OC(C)(C)C)c4ccccc4)C[C@@](O)([C@@H](OC(=O)c4ccccc4)[C@@H]12)C3(C)C. The van der Waals surface area contributed by atoms with Gasteiger partial charge in [0.15, 0.2) is 17.5 Å². The summed E-state index contributed by atoms with van der Waals surface area (Å²) in [6.45, 7) is 11.8. The van der Waals surface area contributed by atoms with Crippen LogP contribution in [-0.4, -0.2) is 110 Å². The molecule has 11 atom stereocenters. The van der Waals surface area contributed by atoms with Crippen LogP contribution in [0.3, 0.4) is 0 Å². The first-order chi connectivity index (χ1) is 27.0. The zero-order valence-electron chi connectivity index (χ0n) is 33.9. The fraction of sp³-hybridized carbons (Fsp3) is 0.558. The second-order valence-corrected chi connectivity index (χ2v) is 17.6. The number of alkyl carbamates (subject to hydrolysis) is 1. The molecule has 58 heavy (non-hydrogen) atoms.